The van der Waals surface area contributed by atoms with Crippen molar-refractivity contribution in [1.29, 1.82) is 0 Å². The van der Waals surface area contributed by atoms with Gasteiger partial charge in [0.1, 0.15) is 0 Å². The van der Waals surface area contributed by atoms with Crippen LogP contribution in [0, 0.1) is 0 Å². The lowest BCUT2D eigenvalue weighted by atomic mass is 9.99. The maximum atomic E-state index is 11.9. The Kier molecular flexibility index (Phi) is 3.61. The molecule has 2 atom stereocenters. The molecule has 2 bridgehead atoms. The number of halogens is 3. The van der Waals surface area contributed by atoms with Gasteiger partial charge in [-0.25, -0.2) is 0 Å². The van der Waals surface area contributed by atoms with Crippen molar-refractivity contribution in [2.45, 2.75) is 62.8 Å². The van der Waals surface area contributed by atoms with Crippen molar-refractivity contribution in [1.82, 2.24) is 10.6 Å². The second-order valence-electron chi connectivity index (χ2n) is 4.99. The summed E-state index contributed by atoms with van der Waals surface area (Å²) < 4.78 is 35.8. The molecule has 2 rings (SSSR count). The number of piperidine rings is 1. The van der Waals surface area contributed by atoms with Crippen LogP contribution in [0.25, 0.3) is 0 Å². The number of amides is 1. The minimum Gasteiger partial charge on any atom is -0.353 e. The van der Waals surface area contributed by atoms with Gasteiger partial charge in [-0.05, 0) is 25.7 Å². The molecule has 17 heavy (non-hydrogen) atoms. The van der Waals surface area contributed by atoms with Crippen LogP contribution in [0.5, 0.6) is 0 Å². The Labute approximate surface area is 98.1 Å². The van der Waals surface area contributed by atoms with Crippen LogP contribution in [-0.2, 0) is 4.79 Å². The highest BCUT2D eigenvalue weighted by Crippen LogP contribution is 2.27. The zero-order valence-corrected chi connectivity index (χ0v) is 9.52. The summed E-state index contributed by atoms with van der Waals surface area (Å²) in [5.41, 5.74) is 0. The Balaban J connectivity index is 1.72. The van der Waals surface area contributed by atoms with Crippen LogP contribution in [0.1, 0.15) is 38.5 Å². The van der Waals surface area contributed by atoms with E-state index in [0.717, 1.165) is 25.7 Å². The van der Waals surface area contributed by atoms with Crippen molar-refractivity contribution >= 4 is 5.91 Å². The number of hydrogen-bond acceptors (Lipinski definition) is 2. The predicted molar refractivity (Wildman–Crippen MR) is 56.4 cm³/mol. The largest absolute Gasteiger partial charge is 0.389 e. The van der Waals surface area contributed by atoms with Gasteiger partial charge >= 0.3 is 6.18 Å². The summed E-state index contributed by atoms with van der Waals surface area (Å²) >= 11 is 0. The summed E-state index contributed by atoms with van der Waals surface area (Å²) in [5, 5.41) is 6.13. The normalized spacial score (nSPS) is 32.5. The van der Waals surface area contributed by atoms with E-state index in [1.807, 2.05) is 0 Å². The molecule has 2 saturated heterocycles. The number of carbonyl (C=O) groups excluding carboxylic acids is 1. The van der Waals surface area contributed by atoms with E-state index in [4.69, 9.17) is 0 Å². The van der Waals surface area contributed by atoms with E-state index in [9.17, 15) is 18.0 Å². The van der Waals surface area contributed by atoms with E-state index in [-0.39, 0.29) is 6.04 Å². The van der Waals surface area contributed by atoms with Gasteiger partial charge in [-0.1, -0.05) is 0 Å². The summed E-state index contributed by atoms with van der Waals surface area (Å²) in [6.07, 6.45) is -1.83. The Morgan fingerprint density at radius 3 is 2.35 bits per heavy atom. The van der Waals surface area contributed by atoms with Gasteiger partial charge < -0.3 is 10.6 Å². The molecular formula is C11H17F3N2O. The molecule has 2 aliphatic heterocycles. The second-order valence-corrected chi connectivity index (χ2v) is 4.99. The smallest absolute Gasteiger partial charge is 0.353 e. The molecular weight excluding hydrogens is 233 g/mol. The van der Waals surface area contributed by atoms with E-state index >= 15 is 0 Å². The Morgan fingerprint density at radius 2 is 1.82 bits per heavy atom. The summed E-state index contributed by atoms with van der Waals surface area (Å²) in [6, 6.07) is 0.915. The minimum atomic E-state index is -4.25. The zero-order valence-electron chi connectivity index (χ0n) is 9.52. The highest BCUT2D eigenvalue weighted by atomic mass is 19.4. The molecule has 6 heteroatoms. The lowest BCUT2D eigenvalue weighted by Crippen LogP contribution is -2.48. The average Bonchev–Trinajstić information content (AvgIpc) is 2.54. The molecule has 2 unspecified atom stereocenters. The van der Waals surface area contributed by atoms with Crippen molar-refractivity contribution in [3.63, 3.8) is 0 Å². The number of hydrogen-bond donors (Lipinski definition) is 2. The summed E-state index contributed by atoms with van der Waals surface area (Å²) in [4.78, 5) is 11.4. The molecule has 0 saturated carbocycles. The Hall–Kier alpha value is -0.780. The zero-order chi connectivity index (χ0) is 12.5. The van der Waals surface area contributed by atoms with Gasteiger partial charge in [-0.15, -0.1) is 0 Å². The van der Waals surface area contributed by atoms with Crippen LogP contribution >= 0.6 is 0 Å². The van der Waals surface area contributed by atoms with Gasteiger partial charge in [0, 0.05) is 24.5 Å². The third kappa shape index (κ3) is 3.87. The fourth-order valence-corrected chi connectivity index (χ4v) is 2.73. The van der Waals surface area contributed by atoms with E-state index in [1.165, 1.54) is 0 Å². The molecule has 2 heterocycles. The first-order chi connectivity index (χ1) is 7.92. The molecule has 0 aliphatic carbocycles. The van der Waals surface area contributed by atoms with Crippen LogP contribution in [-0.4, -0.2) is 30.2 Å². The molecule has 2 aliphatic rings. The van der Waals surface area contributed by atoms with Crippen molar-refractivity contribution in [2.24, 2.45) is 0 Å². The molecule has 0 radical (unpaired) electrons. The maximum absolute atomic E-state index is 11.9. The first kappa shape index (κ1) is 12.7. The molecule has 3 nitrogen and oxygen atoms in total. The molecule has 98 valence electrons. The highest BCUT2D eigenvalue weighted by molar-refractivity contribution is 5.76. The van der Waals surface area contributed by atoms with Gasteiger partial charge in [0.2, 0.25) is 5.91 Å². The number of nitrogens with one attached hydrogen (secondary N) is 2. The highest BCUT2D eigenvalue weighted by Gasteiger charge is 2.34. The number of fused-ring (bicyclic) bond motifs is 2. The third-order valence-corrected chi connectivity index (χ3v) is 3.47. The fourth-order valence-electron chi connectivity index (χ4n) is 2.73. The molecule has 0 aromatic heterocycles. The van der Waals surface area contributed by atoms with Crippen molar-refractivity contribution in [3.8, 4) is 0 Å². The number of carbonyl (C=O) groups is 1. The number of alkyl halides is 3. The van der Waals surface area contributed by atoms with Gasteiger partial charge in [0.15, 0.2) is 0 Å². The third-order valence-electron chi connectivity index (χ3n) is 3.47. The summed E-state index contributed by atoms with van der Waals surface area (Å²) in [5.74, 6) is -0.478. The van der Waals surface area contributed by atoms with Crippen LogP contribution in [0.4, 0.5) is 13.2 Å². The predicted octanol–water partition coefficient (Wildman–Crippen LogP) is 1.73. The topological polar surface area (TPSA) is 41.1 Å². The average molecular weight is 250 g/mol. The maximum Gasteiger partial charge on any atom is 0.389 e. The van der Waals surface area contributed by atoms with Crippen molar-refractivity contribution < 1.29 is 18.0 Å². The Bertz CT molecular complexity index is 281. The second kappa shape index (κ2) is 4.84. The lowest BCUT2D eigenvalue weighted by Gasteiger charge is -2.29. The van der Waals surface area contributed by atoms with E-state index in [0.29, 0.717) is 12.1 Å². The van der Waals surface area contributed by atoms with Crippen LogP contribution in [0.15, 0.2) is 0 Å². The molecule has 2 fully saturated rings. The standard InChI is InChI=1S/C11H17F3N2O/c12-11(13,14)4-3-10(17)16-9-5-7-1-2-8(6-9)15-7/h7-9,15H,1-6H2,(H,16,17). The van der Waals surface area contributed by atoms with Gasteiger partial charge in [-0.3, -0.25) is 4.79 Å². The quantitative estimate of drug-likeness (QED) is 0.801. The molecule has 2 N–H and O–H groups in total. The minimum absolute atomic E-state index is 0.0504. The summed E-state index contributed by atoms with van der Waals surface area (Å²) in [7, 11) is 0. The van der Waals surface area contributed by atoms with Gasteiger partial charge in [0.05, 0.1) is 6.42 Å². The van der Waals surface area contributed by atoms with E-state index < -0.39 is 24.9 Å². The van der Waals surface area contributed by atoms with Crippen molar-refractivity contribution in [3.05, 3.63) is 0 Å². The van der Waals surface area contributed by atoms with E-state index in [1.54, 1.807) is 0 Å². The summed E-state index contributed by atoms with van der Waals surface area (Å²) in [6.45, 7) is 0. The van der Waals surface area contributed by atoms with Crippen LogP contribution in [0.3, 0.4) is 0 Å². The Morgan fingerprint density at radius 1 is 1.24 bits per heavy atom. The first-order valence-electron chi connectivity index (χ1n) is 6.04. The molecule has 0 spiro atoms. The monoisotopic (exact) mass is 250 g/mol. The van der Waals surface area contributed by atoms with Gasteiger partial charge in [0.25, 0.3) is 0 Å². The molecule has 0 aromatic carbocycles. The molecule has 0 aromatic rings. The van der Waals surface area contributed by atoms with E-state index in [2.05, 4.69) is 10.6 Å². The van der Waals surface area contributed by atoms with Gasteiger partial charge in [-0.2, -0.15) is 13.2 Å². The number of rotatable bonds is 3. The first-order valence-corrected chi connectivity index (χ1v) is 6.04. The van der Waals surface area contributed by atoms with Crippen molar-refractivity contribution in [2.75, 3.05) is 0 Å². The van der Waals surface area contributed by atoms with Crippen LogP contribution < -0.4 is 10.6 Å². The SMILES string of the molecule is O=C(CCC(F)(F)F)NC1CC2CCC(C1)N2. The molecule has 1 amide bonds. The fraction of sp³-hybridized carbons (Fsp3) is 0.909. The van der Waals surface area contributed by atoms with Crippen LogP contribution in [0.2, 0.25) is 0 Å². The lowest BCUT2D eigenvalue weighted by molar-refractivity contribution is -0.144.